The molecule has 5 nitrogen and oxygen atoms in total. The van der Waals surface area contributed by atoms with Crippen LogP contribution >= 0.6 is 27.5 Å². The number of hydrogen-bond acceptors (Lipinski definition) is 3. The predicted molar refractivity (Wildman–Crippen MR) is 115 cm³/mol. The van der Waals surface area contributed by atoms with Crippen LogP contribution in [0, 0.1) is 0 Å². The van der Waals surface area contributed by atoms with Crippen LogP contribution in [0.4, 0.5) is 5.82 Å². The van der Waals surface area contributed by atoms with Crippen molar-refractivity contribution in [2.75, 3.05) is 11.9 Å². The summed E-state index contributed by atoms with van der Waals surface area (Å²) in [6, 6.07) is 13.1. The Hall–Kier alpha value is -2.31. The number of pyridine rings is 1. The molecule has 0 saturated carbocycles. The minimum atomic E-state index is -0.138. The number of hydrogen-bond donors (Lipinski definition) is 2. The summed E-state index contributed by atoms with van der Waals surface area (Å²) in [5, 5.41) is 8.55. The first-order valence-electron chi connectivity index (χ1n) is 8.82. The summed E-state index contributed by atoms with van der Waals surface area (Å²) >= 11 is 9.62. The number of nitrogens with zero attached hydrogens (tertiary/aromatic N) is 2. The van der Waals surface area contributed by atoms with E-state index in [9.17, 15) is 4.79 Å². The van der Waals surface area contributed by atoms with E-state index in [2.05, 4.69) is 38.3 Å². The Morgan fingerprint density at radius 1 is 1.22 bits per heavy atom. The van der Waals surface area contributed by atoms with Gasteiger partial charge in [0, 0.05) is 21.4 Å². The molecule has 0 atom stereocenters. The minimum absolute atomic E-state index is 0.138. The summed E-state index contributed by atoms with van der Waals surface area (Å²) in [6.45, 7) is 2.89. The first-order valence-corrected chi connectivity index (χ1v) is 9.99. The van der Waals surface area contributed by atoms with Crippen molar-refractivity contribution in [2.24, 2.45) is 0 Å². The second kappa shape index (κ2) is 7.37. The van der Waals surface area contributed by atoms with Gasteiger partial charge in [0.05, 0.1) is 16.7 Å². The van der Waals surface area contributed by atoms with E-state index in [1.54, 1.807) is 4.68 Å². The maximum atomic E-state index is 13.2. The molecule has 2 aromatic carbocycles. The molecule has 0 saturated heterocycles. The second-order valence-corrected chi connectivity index (χ2v) is 7.73. The highest BCUT2D eigenvalue weighted by Gasteiger charge is 2.17. The highest BCUT2D eigenvalue weighted by molar-refractivity contribution is 9.10. The first kappa shape index (κ1) is 18.1. The van der Waals surface area contributed by atoms with Crippen molar-refractivity contribution in [2.45, 2.75) is 19.8 Å². The fraction of sp³-hybridized carbons (Fsp3) is 0.200. The Morgan fingerprint density at radius 3 is 2.74 bits per heavy atom. The smallest absolute Gasteiger partial charge is 0.282 e. The van der Waals surface area contributed by atoms with E-state index in [1.807, 2.05) is 42.5 Å². The molecule has 0 aliphatic heterocycles. The maximum absolute atomic E-state index is 13.2. The van der Waals surface area contributed by atoms with Gasteiger partial charge in [0.15, 0.2) is 0 Å². The van der Waals surface area contributed by atoms with E-state index >= 15 is 0 Å². The zero-order valence-electron chi connectivity index (χ0n) is 14.7. The van der Waals surface area contributed by atoms with Crippen LogP contribution in [0.1, 0.15) is 19.8 Å². The molecule has 0 aliphatic carbocycles. The topological polar surface area (TPSA) is 62.7 Å². The molecule has 2 heterocycles. The van der Waals surface area contributed by atoms with Gasteiger partial charge in [-0.15, -0.1) is 0 Å². The van der Waals surface area contributed by atoms with E-state index < -0.39 is 0 Å². The molecule has 0 aliphatic rings. The summed E-state index contributed by atoms with van der Waals surface area (Å²) < 4.78 is 2.50. The van der Waals surface area contributed by atoms with Crippen LogP contribution in [0.25, 0.3) is 27.5 Å². The van der Waals surface area contributed by atoms with Crippen molar-refractivity contribution in [3.05, 3.63) is 62.3 Å². The summed E-state index contributed by atoms with van der Waals surface area (Å²) in [5.41, 5.74) is 2.14. The second-order valence-electron chi connectivity index (χ2n) is 6.38. The van der Waals surface area contributed by atoms with Crippen LogP contribution in [0.2, 0.25) is 5.02 Å². The zero-order valence-corrected chi connectivity index (χ0v) is 17.1. The zero-order chi connectivity index (χ0) is 19.0. The normalized spacial score (nSPS) is 11.4. The van der Waals surface area contributed by atoms with Crippen molar-refractivity contribution in [3.8, 4) is 5.69 Å². The molecule has 0 bridgehead atoms. The van der Waals surface area contributed by atoms with E-state index in [-0.39, 0.29) is 5.56 Å². The maximum Gasteiger partial charge on any atom is 0.282 e. The van der Waals surface area contributed by atoms with E-state index in [0.717, 1.165) is 46.0 Å². The minimum Gasteiger partial charge on any atom is -0.369 e. The number of H-pyrrole nitrogens is 1. The molecule has 0 radical (unpaired) electrons. The van der Waals surface area contributed by atoms with Crippen molar-refractivity contribution >= 4 is 55.2 Å². The quantitative estimate of drug-likeness (QED) is 0.399. The van der Waals surface area contributed by atoms with Crippen LogP contribution in [0.15, 0.2) is 51.7 Å². The molecule has 2 N–H and O–H groups in total. The average molecular weight is 446 g/mol. The van der Waals surface area contributed by atoms with Crippen LogP contribution in [-0.4, -0.2) is 21.3 Å². The number of unbranched alkanes of at least 4 members (excludes halogenated alkanes) is 1. The van der Waals surface area contributed by atoms with Gasteiger partial charge in [-0.3, -0.25) is 9.89 Å². The Labute approximate surface area is 169 Å². The molecule has 2 aromatic heterocycles. The Morgan fingerprint density at radius 2 is 2.00 bits per heavy atom. The number of anilines is 1. The monoisotopic (exact) mass is 444 g/mol. The summed E-state index contributed by atoms with van der Waals surface area (Å²) in [7, 11) is 0. The molecule has 4 rings (SSSR count). The lowest BCUT2D eigenvalue weighted by molar-refractivity contribution is 0.832. The summed E-state index contributed by atoms with van der Waals surface area (Å²) in [6.07, 6.45) is 2.07. The molecular weight excluding hydrogens is 428 g/mol. The number of benzene rings is 2. The van der Waals surface area contributed by atoms with E-state index in [0.29, 0.717) is 16.2 Å². The molecule has 4 aromatic rings. The van der Waals surface area contributed by atoms with Crippen molar-refractivity contribution in [1.82, 2.24) is 14.8 Å². The standard InChI is InChI=1S/C20H18BrClN4O/c1-2-3-10-23-19-17-18(15-11-13(22)6-9-16(15)24-19)25-26(20(17)27)14-7-4-12(21)5-8-14/h4-9,11,25H,2-3,10H2,1H3,(H,23,24). The molecule has 7 heteroatoms. The fourth-order valence-electron chi connectivity index (χ4n) is 3.12. The molecular formula is C20H18BrClN4O. The SMILES string of the molecule is CCCCNc1nc2ccc(Cl)cc2c2[nH]n(-c3ccc(Br)cc3)c(=O)c12. The lowest BCUT2D eigenvalue weighted by Gasteiger charge is -2.08. The number of rotatable bonds is 5. The number of fused-ring (bicyclic) bond motifs is 3. The van der Waals surface area contributed by atoms with Crippen LogP contribution in [-0.2, 0) is 0 Å². The van der Waals surface area contributed by atoms with Crippen molar-refractivity contribution in [1.29, 1.82) is 0 Å². The number of aromatic amines is 1. The Kier molecular flexibility index (Phi) is 4.93. The molecule has 0 fully saturated rings. The number of nitrogens with one attached hydrogen (secondary N) is 2. The van der Waals surface area contributed by atoms with Crippen LogP contribution in [0.5, 0.6) is 0 Å². The van der Waals surface area contributed by atoms with Gasteiger partial charge in [0.25, 0.3) is 5.56 Å². The molecule has 0 amide bonds. The van der Waals surface area contributed by atoms with Gasteiger partial charge in [-0.2, -0.15) is 0 Å². The van der Waals surface area contributed by atoms with Crippen LogP contribution < -0.4 is 10.9 Å². The molecule has 0 spiro atoms. The van der Waals surface area contributed by atoms with E-state index in [1.165, 1.54) is 0 Å². The lowest BCUT2D eigenvalue weighted by Crippen LogP contribution is -2.15. The third-order valence-electron chi connectivity index (χ3n) is 4.50. The number of halogens is 2. The van der Waals surface area contributed by atoms with Gasteiger partial charge in [-0.05, 0) is 48.9 Å². The van der Waals surface area contributed by atoms with Gasteiger partial charge in [-0.1, -0.05) is 40.9 Å². The summed E-state index contributed by atoms with van der Waals surface area (Å²) in [5.74, 6) is 0.602. The van der Waals surface area contributed by atoms with E-state index in [4.69, 9.17) is 11.6 Å². The third-order valence-corrected chi connectivity index (χ3v) is 5.26. The van der Waals surface area contributed by atoms with Gasteiger partial charge < -0.3 is 5.32 Å². The molecule has 138 valence electrons. The third kappa shape index (κ3) is 3.35. The predicted octanol–water partition coefficient (Wildman–Crippen LogP) is 5.49. The first-order chi connectivity index (χ1) is 13.1. The highest BCUT2D eigenvalue weighted by Crippen LogP contribution is 2.29. The van der Waals surface area contributed by atoms with Crippen LogP contribution in [0.3, 0.4) is 0 Å². The van der Waals surface area contributed by atoms with Gasteiger partial charge in [0.1, 0.15) is 11.2 Å². The Balaban J connectivity index is 2.00. The van der Waals surface area contributed by atoms with Crippen molar-refractivity contribution < 1.29 is 0 Å². The molecule has 27 heavy (non-hydrogen) atoms. The average Bonchev–Trinajstić information content (AvgIpc) is 3.01. The molecule has 0 unspecified atom stereocenters. The van der Waals surface area contributed by atoms with Gasteiger partial charge >= 0.3 is 0 Å². The fourth-order valence-corrected chi connectivity index (χ4v) is 3.55. The van der Waals surface area contributed by atoms with Gasteiger partial charge in [0.2, 0.25) is 0 Å². The summed E-state index contributed by atoms with van der Waals surface area (Å²) in [4.78, 5) is 17.9. The van der Waals surface area contributed by atoms with Gasteiger partial charge in [-0.25, -0.2) is 9.67 Å². The Bertz CT molecular complexity index is 1180. The lowest BCUT2D eigenvalue weighted by atomic mass is 10.1. The number of aromatic nitrogens is 3. The van der Waals surface area contributed by atoms with Crippen molar-refractivity contribution in [3.63, 3.8) is 0 Å². The highest BCUT2D eigenvalue weighted by atomic mass is 79.9. The largest absolute Gasteiger partial charge is 0.369 e.